The molecule has 1 radical (unpaired) electrons. The summed E-state index contributed by atoms with van der Waals surface area (Å²) in [5.74, 6) is -0.125. The Labute approximate surface area is 43.0 Å². The van der Waals surface area contributed by atoms with Gasteiger partial charge in [0.2, 0.25) is 0 Å². The largest absolute Gasteiger partial charge is 0.402 e. The fourth-order valence-electron chi connectivity index (χ4n) is 0.278. The van der Waals surface area contributed by atoms with Gasteiger partial charge in [0.1, 0.15) is 0 Å². The fourth-order valence-corrected chi connectivity index (χ4v) is 0.278. The third-order valence-corrected chi connectivity index (χ3v) is 0.373. The molecule has 39 valence electrons. The highest BCUT2D eigenvalue weighted by molar-refractivity contribution is 5.83. The first kappa shape index (κ1) is 6.21. The van der Waals surface area contributed by atoms with E-state index in [1.165, 1.54) is 6.92 Å². The molecule has 0 aliphatic heterocycles. The van der Waals surface area contributed by atoms with Crippen LogP contribution in [-0.4, -0.2) is 5.78 Å². The van der Waals surface area contributed by atoms with Crippen LogP contribution in [0, 0.1) is 6.08 Å². The summed E-state index contributed by atoms with van der Waals surface area (Å²) in [5.41, 5.74) is 5.52. The van der Waals surface area contributed by atoms with Crippen LogP contribution in [0.2, 0.25) is 0 Å². The highest BCUT2D eigenvalue weighted by Crippen LogP contribution is 1.76. The van der Waals surface area contributed by atoms with Crippen LogP contribution in [0.25, 0.3) is 0 Å². The number of carbonyl (C=O) groups is 1. The molecular formula is C5H8NO. The summed E-state index contributed by atoms with van der Waals surface area (Å²) in [4.78, 5) is 10.0. The first-order chi connectivity index (χ1) is 3.13. The molecule has 0 unspecified atom stereocenters. The number of hydrogen-bond donors (Lipinski definition) is 1. The van der Waals surface area contributed by atoms with Crippen LogP contribution in [0.5, 0.6) is 0 Å². The predicted octanol–water partition coefficient (Wildman–Crippen LogP) is 0.241. The van der Waals surface area contributed by atoms with Gasteiger partial charge in [0.05, 0.1) is 0 Å². The highest BCUT2D eigenvalue weighted by atomic mass is 16.1. The molecule has 0 fully saturated rings. The van der Waals surface area contributed by atoms with Crippen LogP contribution < -0.4 is 5.73 Å². The topological polar surface area (TPSA) is 43.1 Å². The zero-order valence-electron chi connectivity index (χ0n) is 4.49. The summed E-state index contributed by atoms with van der Waals surface area (Å²) in [6.45, 7) is 3.04. The van der Waals surface area contributed by atoms with Crippen molar-refractivity contribution in [2.24, 2.45) is 5.73 Å². The lowest BCUT2D eigenvalue weighted by Gasteiger charge is -1.80. The second kappa shape index (κ2) is 2.39. The molecule has 2 heteroatoms. The molecule has 0 saturated heterocycles. The van der Waals surface area contributed by atoms with Crippen LogP contribution in [-0.2, 0) is 4.79 Å². The molecule has 7 heavy (non-hydrogen) atoms. The molecule has 0 aliphatic rings. The van der Waals surface area contributed by atoms with E-state index in [-0.39, 0.29) is 5.78 Å². The molecular weight excluding hydrogens is 90.1 g/mol. The van der Waals surface area contributed by atoms with Crippen molar-refractivity contribution in [3.8, 4) is 0 Å². The number of ketones is 1. The molecule has 0 aromatic rings. The minimum atomic E-state index is -0.125. The third-order valence-electron chi connectivity index (χ3n) is 0.373. The Morgan fingerprint density at radius 1 is 1.57 bits per heavy atom. The van der Waals surface area contributed by atoms with E-state index in [1.54, 1.807) is 6.92 Å². The van der Waals surface area contributed by atoms with Crippen molar-refractivity contribution in [2.75, 3.05) is 0 Å². The van der Waals surface area contributed by atoms with E-state index >= 15 is 0 Å². The Bertz CT molecular complexity index is 101. The number of carbonyl (C=O) groups excluding carboxylic acids is 1. The Balaban J connectivity index is 3.68. The lowest BCUT2D eigenvalue weighted by atomic mass is 10.3. The average Bonchev–Trinajstić information content (AvgIpc) is 1.27. The van der Waals surface area contributed by atoms with E-state index in [0.717, 1.165) is 0 Å². The quantitative estimate of drug-likeness (QED) is 0.477. The minimum absolute atomic E-state index is 0.125. The molecule has 0 aliphatic carbocycles. The molecule has 0 bridgehead atoms. The predicted molar refractivity (Wildman–Crippen MR) is 27.3 cm³/mol. The SMILES string of the molecule is CC(=O)/[C]=C(/C)N. The van der Waals surface area contributed by atoms with Gasteiger partial charge in [-0.25, -0.2) is 0 Å². The molecule has 0 rings (SSSR count). The number of nitrogens with two attached hydrogens (primary N) is 1. The molecule has 0 saturated carbocycles. The van der Waals surface area contributed by atoms with Gasteiger partial charge in [-0.15, -0.1) is 0 Å². The van der Waals surface area contributed by atoms with Gasteiger partial charge in [-0.05, 0) is 13.8 Å². The molecule has 0 aromatic heterocycles. The summed E-state index contributed by atoms with van der Waals surface area (Å²) in [6, 6.07) is 0. The van der Waals surface area contributed by atoms with E-state index in [4.69, 9.17) is 5.73 Å². The lowest BCUT2D eigenvalue weighted by molar-refractivity contribution is -0.113. The second-order valence-electron chi connectivity index (χ2n) is 1.36. The first-order valence-electron chi connectivity index (χ1n) is 1.99. The van der Waals surface area contributed by atoms with Gasteiger partial charge in [0, 0.05) is 11.8 Å². The molecule has 2 nitrogen and oxygen atoms in total. The lowest BCUT2D eigenvalue weighted by Crippen LogP contribution is -1.94. The molecule has 0 amide bonds. The maximum absolute atomic E-state index is 10.0. The molecule has 2 N–H and O–H groups in total. The van der Waals surface area contributed by atoms with Gasteiger partial charge in [0.25, 0.3) is 0 Å². The molecule has 0 atom stereocenters. The van der Waals surface area contributed by atoms with E-state index in [1.807, 2.05) is 0 Å². The van der Waals surface area contributed by atoms with Crippen molar-refractivity contribution < 1.29 is 4.79 Å². The van der Waals surface area contributed by atoms with Gasteiger partial charge in [-0.2, -0.15) is 0 Å². The van der Waals surface area contributed by atoms with Crippen LogP contribution in [0.1, 0.15) is 13.8 Å². The van der Waals surface area contributed by atoms with Crippen LogP contribution in [0.4, 0.5) is 0 Å². The van der Waals surface area contributed by atoms with Gasteiger partial charge < -0.3 is 5.73 Å². The van der Waals surface area contributed by atoms with Gasteiger partial charge in [-0.1, -0.05) is 0 Å². The zero-order chi connectivity index (χ0) is 5.86. The van der Waals surface area contributed by atoms with Crippen molar-refractivity contribution in [3.63, 3.8) is 0 Å². The number of Topliss-reactive ketones (excluding diaryl/α,β-unsaturated/α-hetero) is 1. The minimum Gasteiger partial charge on any atom is -0.402 e. The smallest absolute Gasteiger partial charge is 0.162 e. The average molecular weight is 98.1 g/mol. The van der Waals surface area contributed by atoms with Crippen LogP contribution in [0.15, 0.2) is 5.70 Å². The van der Waals surface area contributed by atoms with Crippen molar-refractivity contribution in [2.45, 2.75) is 13.8 Å². The molecule has 0 aromatic carbocycles. The van der Waals surface area contributed by atoms with Crippen molar-refractivity contribution >= 4 is 5.78 Å². The number of hydrogen-bond acceptors (Lipinski definition) is 2. The van der Waals surface area contributed by atoms with Crippen molar-refractivity contribution in [3.05, 3.63) is 11.8 Å². The first-order valence-corrected chi connectivity index (χ1v) is 1.99. The number of allylic oxidation sites excluding steroid dienone is 2. The maximum atomic E-state index is 10.0. The van der Waals surface area contributed by atoms with Gasteiger partial charge in [0.15, 0.2) is 5.78 Å². The van der Waals surface area contributed by atoms with Crippen molar-refractivity contribution in [1.82, 2.24) is 0 Å². The maximum Gasteiger partial charge on any atom is 0.162 e. The summed E-state index contributed by atoms with van der Waals surface area (Å²) in [7, 11) is 0. The van der Waals surface area contributed by atoms with E-state index in [2.05, 4.69) is 6.08 Å². The Kier molecular flexibility index (Phi) is 2.12. The summed E-state index contributed by atoms with van der Waals surface area (Å²) < 4.78 is 0. The Morgan fingerprint density at radius 2 is 2.00 bits per heavy atom. The number of rotatable bonds is 1. The standard InChI is InChI=1S/C5H8NO/c1-4(6)3-5(2)7/h6H2,1-2H3. The van der Waals surface area contributed by atoms with Crippen LogP contribution >= 0.6 is 0 Å². The fraction of sp³-hybridized carbons (Fsp3) is 0.400. The normalized spacial score (nSPS) is 11.4. The zero-order valence-corrected chi connectivity index (χ0v) is 4.49. The van der Waals surface area contributed by atoms with Crippen LogP contribution in [0.3, 0.4) is 0 Å². The Morgan fingerprint density at radius 3 is 2.00 bits per heavy atom. The van der Waals surface area contributed by atoms with Gasteiger partial charge in [-0.3, -0.25) is 4.79 Å². The van der Waals surface area contributed by atoms with Gasteiger partial charge >= 0.3 is 0 Å². The monoisotopic (exact) mass is 98.1 g/mol. The third kappa shape index (κ3) is 5.21. The highest BCUT2D eigenvalue weighted by Gasteiger charge is 1.82. The van der Waals surface area contributed by atoms with E-state index < -0.39 is 0 Å². The summed E-state index contributed by atoms with van der Waals surface area (Å²) in [5, 5.41) is 0. The molecule has 0 spiro atoms. The summed E-state index contributed by atoms with van der Waals surface area (Å²) in [6.07, 6.45) is 2.36. The van der Waals surface area contributed by atoms with E-state index in [0.29, 0.717) is 5.70 Å². The summed E-state index contributed by atoms with van der Waals surface area (Å²) >= 11 is 0. The second-order valence-corrected chi connectivity index (χ2v) is 1.36. The Hall–Kier alpha value is -0.790. The van der Waals surface area contributed by atoms with E-state index in [9.17, 15) is 4.79 Å². The molecule has 0 heterocycles. The van der Waals surface area contributed by atoms with Crippen molar-refractivity contribution in [1.29, 1.82) is 0 Å².